The second-order valence-electron chi connectivity index (χ2n) is 8.04. The number of nitrogens with one attached hydrogen (secondary N) is 2. The number of nitrogens with zero attached hydrogens (tertiary/aromatic N) is 3. The van der Waals surface area contributed by atoms with E-state index in [-0.39, 0.29) is 36.4 Å². The van der Waals surface area contributed by atoms with E-state index in [9.17, 15) is 4.79 Å². The van der Waals surface area contributed by atoms with Crippen molar-refractivity contribution < 1.29 is 9.53 Å². The first kappa shape index (κ1) is 25.7. The van der Waals surface area contributed by atoms with Gasteiger partial charge in [0.25, 0.3) is 0 Å². The van der Waals surface area contributed by atoms with Crippen molar-refractivity contribution in [3.05, 3.63) is 30.3 Å². The van der Waals surface area contributed by atoms with Gasteiger partial charge in [0, 0.05) is 52.1 Å². The van der Waals surface area contributed by atoms with Crippen molar-refractivity contribution in [1.29, 1.82) is 0 Å². The summed E-state index contributed by atoms with van der Waals surface area (Å²) in [5.41, 5.74) is 1.22. The highest BCUT2D eigenvalue weighted by Gasteiger charge is 2.21. The quantitative estimate of drug-likeness (QED) is 0.229. The van der Waals surface area contributed by atoms with E-state index in [1.807, 2.05) is 11.0 Å². The predicted octanol–water partition coefficient (Wildman–Crippen LogP) is 2.86. The van der Waals surface area contributed by atoms with Crippen molar-refractivity contribution in [3.63, 3.8) is 0 Å². The summed E-state index contributed by atoms with van der Waals surface area (Å²) in [6.45, 7) is 5.06. The number of rotatable bonds is 8. The van der Waals surface area contributed by atoms with E-state index in [0.717, 1.165) is 45.8 Å². The van der Waals surface area contributed by atoms with Crippen molar-refractivity contribution in [2.24, 2.45) is 4.99 Å². The van der Waals surface area contributed by atoms with Crippen molar-refractivity contribution in [1.82, 2.24) is 15.5 Å². The Morgan fingerprint density at radius 3 is 2.45 bits per heavy atom. The largest absolute Gasteiger partial charge is 0.378 e. The van der Waals surface area contributed by atoms with Crippen LogP contribution in [0.2, 0.25) is 0 Å². The second kappa shape index (κ2) is 14.5. The van der Waals surface area contributed by atoms with Crippen molar-refractivity contribution in [2.45, 2.75) is 44.6 Å². The molecule has 0 spiro atoms. The van der Waals surface area contributed by atoms with Gasteiger partial charge < -0.3 is 25.2 Å². The summed E-state index contributed by atoms with van der Waals surface area (Å²) in [4.78, 5) is 21.0. The van der Waals surface area contributed by atoms with Crippen LogP contribution < -0.4 is 15.5 Å². The number of guanidine groups is 1. The molecule has 0 unspecified atom stereocenters. The fourth-order valence-corrected chi connectivity index (χ4v) is 4.11. The lowest BCUT2D eigenvalue weighted by Crippen LogP contribution is -2.52. The fraction of sp³-hybridized carbons (Fsp3) is 0.652. The smallest absolute Gasteiger partial charge is 0.242 e. The van der Waals surface area contributed by atoms with Gasteiger partial charge in [0.15, 0.2) is 5.96 Å². The zero-order chi connectivity index (χ0) is 21.0. The number of aliphatic imine (C=N–C) groups is 1. The van der Waals surface area contributed by atoms with Gasteiger partial charge in [-0.15, -0.1) is 24.0 Å². The molecule has 8 heteroatoms. The van der Waals surface area contributed by atoms with Crippen LogP contribution in [-0.4, -0.2) is 75.8 Å². The molecule has 0 aromatic heterocycles. The Balaban J connectivity index is 0.00000341. The molecule has 7 nitrogen and oxygen atoms in total. The average molecular weight is 543 g/mol. The Morgan fingerprint density at radius 1 is 1.06 bits per heavy atom. The normalized spacial score (nSPS) is 17.8. The number of amides is 1. The van der Waals surface area contributed by atoms with Crippen LogP contribution in [0.1, 0.15) is 38.5 Å². The van der Waals surface area contributed by atoms with Gasteiger partial charge in [-0.05, 0) is 31.4 Å². The summed E-state index contributed by atoms with van der Waals surface area (Å²) in [5, 5.41) is 6.42. The maximum absolute atomic E-state index is 12.6. The number of halogens is 1. The number of hydrogen-bond acceptors (Lipinski definition) is 4. The SMILES string of the molecule is CN=C(NCCCOC1CCCCC1)NCC(=O)N1CCN(c2ccccc2)CC1.I. The maximum atomic E-state index is 12.6. The lowest BCUT2D eigenvalue weighted by Gasteiger charge is -2.36. The van der Waals surface area contributed by atoms with E-state index in [1.54, 1.807) is 7.05 Å². The summed E-state index contributed by atoms with van der Waals surface area (Å²) in [6.07, 6.45) is 7.76. The highest BCUT2D eigenvalue weighted by Crippen LogP contribution is 2.20. The molecule has 0 radical (unpaired) electrons. The van der Waals surface area contributed by atoms with Crippen molar-refractivity contribution in [3.8, 4) is 0 Å². The van der Waals surface area contributed by atoms with E-state index in [1.165, 1.54) is 37.8 Å². The molecule has 1 saturated heterocycles. The van der Waals surface area contributed by atoms with E-state index >= 15 is 0 Å². The molecule has 1 aliphatic carbocycles. The van der Waals surface area contributed by atoms with Crippen LogP contribution in [0.4, 0.5) is 5.69 Å². The summed E-state index contributed by atoms with van der Waals surface area (Å²) >= 11 is 0. The van der Waals surface area contributed by atoms with Crippen LogP contribution in [0, 0.1) is 0 Å². The van der Waals surface area contributed by atoms with Crippen molar-refractivity contribution in [2.75, 3.05) is 57.8 Å². The van der Waals surface area contributed by atoms with Gasteiger partial charge in [-0.1, -0.05) is 37.5 Å². The molecule has 2 fully saturated rings. The number of hydrogen-bond donors (Lipinski definition) is 2. The third-order valence-corrected chi connectivity index (χ3v) is 5.90. The molecule has 1 aromatic rings. The van der Waals surface area contributed by atoms with E-state index in [4.69, 9.17) is 4.74 Å². The highest BCUT2D eigenvalue weighted by atomic mass is 127. The Bertz CT molecular complexity index is 659. The minimum atomic E-state index is 0. The number of para-hydroxylation sites is 1. The summed E-state index contributed by atoms with van der Waals surface area (Å²) < 4.78 is 5.95. The molecular formula is C23H38IN5O2. The highest BCUT2D eigenvalue weighted by molar-refractivity contribution is 14.0. The molecule has 0 bridgehead atoms. The lowest BCUT2D eigenvalue weighted by molar-refractivity contribution is -0.130. The molecule has 1 amide bonds. The number of benzene rings is 1. The Morgan fingerprint density at radius 2 is 1.77 bits per heavy atom. The second-order valence-corrected chi connectivity index (χ2v) is 8.04. The molecule has 1 saturated carbocycles. The van der Waals surface area contributed by atoms with Gasteiger partial charge >= 0.3 is 0 Å². The van der Waals surface area contributed by atoms with Crippen molar-refractivity contribution >= 4 is 41.5 Å². The van der Waals surface area contributed by atoms with Crippen LogP contribution in [0.3, 0.4) is 0 Å². The van der Waals surface area contributed by atoms with Gasteiger partial charge in [-0.3, -0.25) is 9.79 Å². The zero-order valence-electron chi connectivity index (χ0n) is 18.7. The van der Waals surface area contributed by atoms with Crippen LogP contribution in [0.25, 0.3) is 0 Å². The van der Waals surface area contributed by atoms with Crippen LogP contribution in [-0.2, 0) is 9.53 Å². The lowest BCUT2D eigenvalue weighted by atomic mass is 9.98. The number of anilines is 1. The number of carbonyl (C=O) groups excluding carboxylic acids is 1. The number of carbonyl (C=O) groups is 1. The third-order valence-electron chi connectivity index (χ3n) is 5.90. The zero-order valence-corrected chi connectivity index (χ0v) is 21.1. The fourth-order valence-electron chi connectivity index (χ4n) is 4.11. The van der Waals surface area contributed by atoms with Gasteiger partial charge in [0.2, 0.25) is 5.91 Å². The van der Waals surface area contributed by atoms with Gasteiger partial charge in [0.1, 0.15) is 0 Å². The molecular weight excluding hydrogens is 505 g/mol. The monoisotopic (exact) mass is 543 g/mol. The maximum Gasteiger partial charge on any atom is 0.242 e. The Labute approximate surface area is 204 Å². The molecule has 2 N–H and O–H groups in total. The van der Waals surface area contributed by atoms with Gasteiger partial charge in [-0.25, -0.2) is 0 Å². The summed E-state index contributed by atoms with van der Waals surface area (Å²) in [5.74, 6) is 0.787. The first-order chi connectivity index (χ1) is 14.8. The number of piperazine rings is 1. The number of ether oxygens (including phenoxy) is 1. The van der Waals surface area contributed by atoms with E-state index in [2.05, 4.69) is 44.8 Å². The van der Waals surface area contributed by atoms with E-state index < -0.39 is 0 Å². The molecule has 174 valence electrons. The minimum Gasteiger partial charge on any atom is -0.378 e. The minimum absolute atomic E-state index is 0. The Hall–Kier alpha value is -1.55. The molecule has 31 heavy (non-hydrogen) atoms. The molecule has 0 atom stereocenters. The summed E-state index contributed by atoms with van der Waals surface area (Å²) in [6, 6.07) is 10.4. The van der Waals surface area contributed by atoms with Gasteiger partial charge in [0.05, 0.1) is 12.6 Å². The van der Waals surface area contributed by atoms with E-state index in [0.29, 0.717) is 12.1 Å². The molecule has 1 heterocycles. The molecule has 2 aliphatic rings. The van der Waals surface area contributed by atoms with Crippen LogP contribution in [0.15, 0.2) is 35.3 Å². The average Bonchev–Trinajstić information content (AvgIpc) is 2.82. The summed E-state index contributed by atoms with van der Waals surface area (Å²) in [7, 11) is 1.73. The molecule has 1 aliphatic heterocycles. The van der Waals surface area contributed by atoms with Crippen LogP contribution in [0.5, 0.6) is 0 Å². The first-order valence-electron chi connectivity index (χ1n) is 11.4. The topological polar surface area (TPSA) is 69.2 Å². The standard InChI is InChI=1S/C23H37N5O2.HI/c1-24-23(25-13-8-18-30-21-11-6-3-7-12-21)26-19-22(29)28-16-14-27(15-17-28)20-9-4-2-5-10-20;/h2,4-5,9-10,21H,3,6-8,11-19H2,1H3,(H2,24,25,26);1H. The molecule has 3 rings (SSSR count). The van der Waals surface area contributed by atoms with Gasteiger partial charge in [-0.2, -0.15) is 0 Å². The third kappa shape index (κ3) is 8.84. The predicted molar refractivity (Wildman–Crippen MR) is 137 cm³/mol. The first-order valence-corrected chi connectivity index (χ1v) is 11.4. The molecule has 1 aromatic carbocycles. The van der Waals surface area contributed by atoms with Crippen LogP contribution >= 0.6 is 24.0 Å². The Kier molecular flexibility index (Phi) is 12.0.